The fraction of sp³-hybridized carbons (Fsp3) is 0.600. The summed E-state index contributed by atoms with van der Waals surface area (Å²) in [5.41, 5.74) is 0. The predicted octanol–water partition coefficient (Wildman–Crippen LogP) is 1.55. The minimum absolute atomic E-state index is 0.198. The molecule has 0 bridgehead atoms. The average molecular weight is 210 g/mol. The van der Waals surface area contributed by atoms with Crippen LogP contribution in [-0.2, 0) is 11.3 Å². The van der Waals surface area contributed by atoms with Crippen LogP contribution in [0.4, 0.5) is 0 Å². The third-order valence-electron chi connectivity index (χ3n) is 2.60. The molecule has 76 valence electrons. The van der Waals surface area contributed by atoms with Crippen LogP contribution < -0.4 is 0 Å². The standard InChI is InChI=1S/C10H14N2OS/c1-8-6-12(4-2-9(8)13)7-10-11-3-5-14-10/h3,5,8H,2,4,6-7H2,1H3. The summed E-state index contributed by atoms with van der Waals surface area (Å²) >= 11 is 1.68. The lowest BCUT2D eigenvalue weighted by atomic mass is 9.99. The van der Waals surface area contributed by atoms with Crippen LogP contribution in [0.1, 0.15) is 18.4 Å². The van der Waals surface area contributed by atoms with Crippen molar-refractivity contribution in [2.24, 2.45) is 5.92 Å². The normalized spacial score (nSPS) is 24.1. The first kappa shape index (κ1) is 9.80. The summed E-state index contributed by atoms with van der Waals surface area (Å²) < 4.78 is 0. The third kappa shape index (κ3) is 2.19. The molecule has 2 heterocycles. The monoisotopic (exact) mass is 210 g/mol. The number of piperidine rings is 1. The molecule has 0 spiro atoms. The van der Waals surface area contributed by atoms with E-state index in [9.17, 15) is 4.79 Å². The topological polar surface area (TPSA) is 33.2 Å². The van der Waals surface area contributed by atoms with Gasteiger partial charge in [-0.2, -0.15) is 0 Å². The zero-order chi connectivity index (χ0) is 9.97. The highest BCUT2D eigenvalue weighted by Crippen LogP contribution is 2.16. The van der Waals surface area contributed by atoms with Gasteiger partial charge in [0.2, 0.25) is 0 Å². The van der Waals surface area contributed by atoms with Gasteiger partial charge in [0.05, 0.1) is 6.54 Å². The average Bonchev–Trinajstić information content (AvgIpc) is 2.64. The molecule has 0 aliphatic carbocycles. The molecule has 0 aromatic carbocycles. The number of ketones is 1. The Morgan fingerprint density at radius 1 is 1.71 bits per heavy atom. The van der Waals surface area contributed by atoms with Crippen LogP contribution in [0, 0.1) is 5.92 Å². The maximum atomic E-state index is 11.3. The summed E-state index contributed by atoms with van der Waals surface area (Å²) in [5.74, 6) is 0.601. The van der Waals surface area contributed by atoms with Crippen molar-refractivity contribution in [2.75, 3.05) is 13.1 Å². The van der Waals surface area contributed by atoms with Crippen LogP contribution in [0.2, 0.25) is 0 Å². The maximum absolute atomic E-state index is 11.3. The number of hydrogen-bond acceptors (Lipinski definition) is 4. The SMILES string of the molecule is CC1CN(Cc2nccs2)CCC1=O. The highest BCUT2D eigenvalue weighted by molar-refractivity contribution is 7.09. The second-order valence-electron chi connectivity index (χ2n) is 3.78. The Morgan fingerprint density at radius 3 is 3.21 bits per heavy atom. The molecular formula is C10H14N2OS. The third-order valence-corrected chi connectivity index (χ3v) is 3.36. The molecule has 1 aromatic rings. The largest absolute Gasteiger partial charge is 0.299 e. The van der Waals surface area contributed by atoms with Gasteiger partial charge in [-0.15, -0.1) is 11.3 Å². The van der Waals surface area contributed by atoms with Crippen molar-refractivity contribution in [3.63, 3.8) is 0 Å². The molecule has 1 aromatic heterocycles. The molecular weight excluding hydrogens is 196 g/mol. The van der Waals surface area contributed by atoms with Crippen molar-refractivity contribution >= 4 is 17.1 Å². The van der Waals surface area contributed by atoms with Crippen molar-refractivity contribution in [1.29, 1.82) is 0 Å². The van der Waals surface area contributed by atoms with Crippen molar-refractivity contribution < 1.29 is 4.79 Å². The summed E-state index contributed by atoms with van der Waals surface area (Å²) in [6.45, 7) is 4.69. The van der Waals surface area contributed by atoms with E-state index in [2.05, 4.69) is 9.88 Å². The number of hydrogen-bond donors (Lipinski definition) is 0. The zero-order valence-electron chi connectivity index (χ0n) is 8.27. The summed E-state index contributed by atoms with van der Waals surface area (Å²) in [7, 11) is 0. The van der Waals surface area contributed by atoms with Crippen LogP contribution in [0.5, 0.6) is 0 Å². The first-order valence-corrected chi connectivity index (χ1v) is 5.77. The van der Waals surface area contributed by atoms with Gasteiger partial charge in [-0.1, -0.05) is 6.92 Å². The smallest absolute Gasteiger partial charge is 0.138 e. The molecule has 4 heteroatoms. The second-order valence-corrected chi connectivity index (χ2v) is 4.76. The molecule has 1 atom stereocenters. The van der Waals surface area contributed by atoms with E-state index < -0.39 is 0 Å². The number of nitrogens with zero attached hydrogens (tertiary/aromatic N) is 2. The zero-order valence-corrected chi connectivity index (χ0v) is 9.09. The number of Topliss-reactive ketones (excluding diaryl/α,β-unsaturated/α-hetero) is 1. The minimum atomic E-state index is 0.198. The highest BCUT2D eigenvalue weighted by Gasteiger charge is 2.23. The molecule has 3 nitrogen and oxygen atoms in total. The Labute approximate surface area is 87.8 Å². The number of thiazole rings is 1. The molecule has 0 N–H and O–H groups in total. The Kier molecular flexibility index (Phi) is 2.93. The fourth-order valence-corrected chi connectivity index (χ4v) is 2.42. The van der Waals surface area contributed by atoms with Crippen LogP contribution in [-0.4, -0.2) is 28.8 Å². The fourth-order valence-electron chi connectivity index (χ4n) is 1.76. The van der Waals surface area contributed by atoms with Crippen LogP contribution in [0.25, 0.3) is 0 Å². The summed E-state index contributed by atoms with van der Waals surface area (Å²) in [5, 5.41) is 3.14. The highest BCUT2D eigenvalue weighted by atomic mass is 32.1. The number of rotatable bonds is 2. The number of carbonyl (C=O) groups excluding carboxylic acids is 1. The summed E-state index contributed by atoms with van der Waals surface area (Å²) in [6.07, 6.45) is 2.53. The van der Waals surface area contributed by atoms with E-state index in [1.54, 1.807) is 11.3 Å². The maximum Gasteiger partial charge on any atom is 0.138 e. The van der Waals surface area contributed by atoms with E-state index >= 15 is 0 Å². The van der Waals surface area contributed by atoms with Gasteiger partial charge in [0.1, 0.15) is 10.8 Å². The molecule has 2 rings (SSSR count). The first-order chi connectivity index (χ1) is 6.75. The van der Waals surface area contributed by atoms with Crippen LogP contribution >= 0.6 is 11.3 Å². The van der Waals surface area contributed by atoms with Gasteiger partial charge >= 0.3 is 0 Å². The molecule has 0 amide bonds. The Hall–Kier alpha value is -0.740. The van der Waals surface area contributed by atoms with Gasteiger partial charge in [-0.3, -0.25) is 9.69 Å². The Balaban J connectivity index is 1.91. The van der Waals surface area contributed by atoms with Gasteiger partial charge in [0.15, 0.2) is 0 Å². The van der Waals surface area contributed by atoms with Crippen molar-refractivity contribution in [3.8, 4) is 0 Å². The van der Waals surface area contributed by atoms with E-state index in [0.717, 1.165) is 24.6 Å². The summed E-state index contributed by atoms with van der Waals surface area (Å²) in [4.78, 5) is 17.9. The van der Waals surface area contributed by atoms with Gasteiger partial charge in [-0.05, 0) is 0 Å². The minimum Gasteiger partial charge on any atom is -0.299 e. The predicted molar refractivity (Wildman–Crippen MR) is 56.2 cm³/mol. The summed E-state index contributed by atoms with van der Waals surface area (Å²) in [6, 6.07) is 0. The van der Waals surface area contributed by atoms with E-state index in [1.165, 1.54) is 0 Å². The molecule has 1 aliphatic heterocycles. The number of aromatic nitrogens is 1. The second kappa shape index (κ2) is 4.19. The Bertz CT molecular complexity index is 310. The van der Waals surface area contributed by atoms with Gasteiger partial charge < -0.3 is 0 Å². The molecule has 1 saturated heterocycles. The molecule has 0 saturated carbocycles. The molecule has 14 heavy (non-hydrogen) atoms. The number of likely N-dealkylation sites (tertiary alicyclic amines) is 1. The van der Waals surface area contributed by atoms with E-state index in [1.807, 2.05) is 18.5 Å². The van der Waals surface area contributed by atoms with E-state index in [0.29, 0.717) is 12.2 Å². The molecule has 1 unspecified atom stereocenters. The van der Waals surface area contributed by atoms with Crippen molar-refractivity contribution in [2.45, 2.75) is 19.9 Å². The van der Waals surface area contributed by atoms with Gasteiger partial charge in [0, 0.05) is 37.0 Å². The van der Waals surface area contributed by atoms with Crippen molar-refractivity contribution in [1.82, 2.24) is 9.88 Å². The lowest BCUT2D eigenvalue weighted by molar-refractivity contribution is -0.125. The van der Waals surface area contributed by atoms with E-state index in [4.69, 9.17) is 0 Å². The van der Waals surface area contributed by atoms with Crippen LogP contribution in [0.15, 0.2) is 11.6 Å². The van der Waals surface area contributed by atoms with Crippen molar-refractivity contribution in [3.05, 3.63) is 16.6 Å². The quantitative estimate of drug-likeness (QED) is 0.742. The van der Waals surface area contributed by atoms with Crippen LogP contribution in [0.3, 0.4) is 0 Å². The van der Waals surface area contributed by atoms with E-state index in [-0.39, 0.29) is 5.92 Å². The van der Waals surface area contributed by atoms with Gasteiger partial charge in [0.25, 0.3) is 0 Å². The first-order valence-electron chi connectivity index (χ1n) is 4.89. The van der Waals surface area contributed by atoms with Gasteiger partial charge in [-0.25, -0.2) is 4.98 Å². The molecule has 1 fully saturated rings. The Morgan fingerprint density at radius 2 is 2.57 bits per heavy atom. The molecule has 0 radical (unpaired) electrons. The number of carbonyl (C=O) groups is 1. The lowest BCUT2D eigenvalue weighted by Gasteiger charge is -2.28. The molecule has 1 aliphatic rings. The lowest BCUT2D eigenvalue weighted by Crippen LogP contribution is -2.38.